The minimum atomic E-state index is -0.557. The smallest absolute Gasteiger partial charge is 0.348 e. The molecule has 0 heterocycles. The molecule has 0 spiro atoms. The van der Waals surface area contributed by atoms with Crippen molar-refractivity contribution < 1.29 is 14.3 Å². The standard InChI is InChI=1S/C19H25NO3/c1-4-6-7-15(5-2)14-23-19(21)17(13-20)12-16-8-10-18(22-3)11-9-16/h8-12,15H,4-7,14H2,1-3H3/b17-12-/t15-/m1/s1. The number of carbonyl (C=O) groups is 1. The lowest BCUT2D eigenvalue weighted by Gasteiger charge is -2.14. The van der Waals surface area contributed by atoms with E-state index in [1.54, 1.807) is 31.4 Å². The molecule has 0 unspecified atom stereocenters. The maximum absolute atomic E-state index is 12.1. The molecule has 1 aromatic rings. The van der Waals surface area contributed by atoms with Gasteiger partial charge in [-0.15, -0.1) is 0 Å². The highest BCUT2D eigenvalue weighted by Crippen LogP contribution is 2.16. The molecule has 0 radical (unpaired) electrons. The summed E-state index contributed by atoms with van der Waals surface area (Å²) < 4.78 is 10.4. The molecular weight excluding hydrogens is 290 g/mol. The summed E-state index contributed by atoms with van der Waals surface area (Å²) in [4.78, 5) is 12.1. The van der Waals surface area contributed by atoms with Crippen LogP contribution in [0.3, 0.4) is 0 Å². The molecule has 4 heteroatoms. The van der Waals surface area contributed by atoms with E-state index in [-0.39, 0.29) is 5.57 Å². The fourth-order valence-electron chi connectivity index (χ4n) is 2.17. The van der Waals surface area contributed by atoms with Crippen molar-refractivity contribution in [3.8, 4) is 11.8 Å². The molecule has 0 aliphatic carbocycles. The Kier molecular flexibility index (Phi) is 8.52. The first-order valence-electron chi connectivity index (χ1n) is 8.07. The number of methoxy groups -OCH3 is 1. The summed E-state index contributed by atoms with van der Waals surface area (Å²) in [6.45, 7) is 4.60. The van der Waals surface area contributed by atoms with Crippen LogP contribution in [0.1, 0.15) is 45.1 Å². The minimum absolute atomic E-state index is 0.0144. The average Bonchev–Trinajstić information content (AvgIpc) is 2.60. The number of hydrogen-bond donors (Lipinski definition) is 0. The second kappa shape index (κ2) is 10.4. The van der Waals surface area contributed by atoms with E-state index in [1.165, 1.54) is 6.08 Å². The molecular formula is C19H25NO3. The molecule has 4 nitrogen and oxygen atoms in total. The van der Waals surface area contributed by atoms with E-state index >= 15 is 0 Å². The second-order valence-corrected chi connectivity index (χ2v) is 5.46. The highest BCUT2D eigenvalue weighted by atomic mass is 16.5. The molecule has 1 atom stereocenters. The summed E-state index contributed by atoms with van der Waals surface area (Å²) in [6, 6.07) is 9.07. The van der Waals surface area contributed by atoms with Gasteiger partial charge < -0.3 is 9.47 Å². The van der Waals surface area contributed by atoms with Crippen LogP contribution >= 0.6 is 0 Å². The highest BCUT2D eigenvalue weighted by molar-refractivity contribution is 5.97. The normalized spacial score (nSPS) is 12.3. The third-order valence-corrected chi connectivity index (χ3v) is 3.76. The van der Waals surface area contributed by atoms with Crippen molar-refractivity contribution in [2.24, 2.45) is 5.92 Å². The Morgan fingerprint density at radius 3 is 2.52 bits per heavy atom. The van der Waals surface area contributed by atoms with Gasteiger partial charge >= 0.3 is 5.97 Å². The number of unbranched alkanes of at least 4 members (excludes halogenated alkanes) is 1. The van der Waals surface area contributed by atoms with Gasteiger partial charge in [-0.3, -0.25) is 0 Å². The van der Waals surface area contributed by atoms with Crippen molar-refractivity contribution in [3.05, 3.63) is 35.4 Å². The second-order valence-electron chi connectivity index (χ2n) is 5.46. The molecule has 124 valence electrons. The SMILES string of the molecule is CCCC[C@@H](CC)COC(=O)/C(C#N)=C\c1ccc(OC)cc1. The number of nitrogens with zero attached hydrogens (tertiary/aromatic N) is 1. The topological polar surface area (TPSA) is 59.3 Å². The third-order valence-electron chi connectivity index (χ3n) is 3.76. The van der Waals surface area contributed by atoms with Crippen LogP contribution in [0.25, 0.3) is 6.08 Å². The van der Waals surface area contributed by atoms with Crippen molar-refractivity contribution in [2.75, 3.05) is 13.7 Å². The van der Waals surface area contributed by atoms with Gasteiger partial charge in [0.2, 0.25) is 0 Å². The van der Waals surface area contributed by atoms with Crippen LogP contribution in [0, 0.1) is 17.2 Å². The van der Waals surface area contributed by atoms with Crippen molar-refractivity contribution in [1.82, 2.24) is 0 Å². The number of carbonyl (C=O) groups excluding carboxylic acids is 1. The number of benzene rings is 1. The largest absolute Gasteiger partial charge is 0.497 e. The first-order chi connectivity index (χ1) is 11.1. The predicted octanol–water partition coefficient (Wildman–Crippen LogP) is 4.36. The molecule has 1 rings (SSSR count). The van der Waals surface area contributed by atoms with E-state index in [9.17, 15) is 10.1 Å². The van der Waals surface area contributed by atoms with Crippen LogP contribution in [0.4, 0.5) is 0 Å². The molecule has 0 saturated carbocycles. The quantitative estimate of drug-likeness (QED) is 0.386. The molecule has 0 aliphatic rings. The van der Waals surface area contributed by atoms with Crippen molar-refractivity contribution >= 4 is 12.0 Å². The first-order valence-corrected chi connectivity index (χ1v) is 8.07. The highest BCUT2D eigenvalue weighted by Gasteiger charge is 2.14. The van der Waals surface area contributed by atoms with Crippen LogP contribution < -0.4 is 4.74 Å². The van der Waals surface area contributed by atoms with Gasteiger partial charge in [-0.25, -0.2) is 4.79 Å². The molecule has 0 fully saturated rings. The molecule has 0 bridgehead atoms. The Morgan fingerprint density at radius 1 is 1.30 bits per heavy atom. The zero-order valence-electron chi connectivity index (χ0n) is 14.2. The molecule has 1 aromatic carbocycles. The fourth-order valence-corrected chi connectivity index (χ4v) is 2.17. The summed E-state index contributed by atoms with van der Waals surface area (Å²) >= 11 is 0. The van der Waals surface area contributed by atoms with Gasteiger partial charge in [0.05, 0.1) is 13.7 Å². The number of ether oxygens (including phenoxy) is 2. The van der Waals surface area contributed by atoms with Crippen LogP contribution in [-0.2, 0) is 9.53 Å². The van der Waals surface area contributed by atoms with Crippen LogP contribution in [0.5, 0.6) is 5.75 Å². The Labute approximate surface area is 138 Å². The van der Waals surface area contributed by atoms with Crippen molar-refractivity contribution in [1.29, 1.82) is 5.26 Å². The fraction of sp³-hybridized carbons (Fsp3) is 0.474. The number of esters is 1. The van der Waals surface area contributed by atoms with Crippen LogP contribution in [0.15, 0.2) is 29.8 Å². The lowest BCUT2D eigenvalue weighted by molar-refractivity contribution is -0.139. The lowest BCUT2D eigenvalue weighted by atomic mass is 10.0. The molecule has 0 aliphatic heterocycles. The number of rotatable bonds is 9. The van der Waals surface area contributed by atoms with Gasteiger partial charge in [-0.1, -0.05) is 45.2 Å². The Bertz CT molecular complexity index is 555. The number of hydrogen-bond acceptors (Lipinski definition) is 4. The summed E-state index contributed by atoms with van der Waals surface area (Å²) in [5, 5.41) is 9.18. The maximum atomic E-state index is 12.1. The lowest BCUT2D eigenvalue weighted by Crippen LogP contribution is -2.14. The van der Waals surface area contributed by atoms with E-state index < -0.39 is 5.97 Å². The molecule has 0 aromatic heterocycles. The average molecular weight is 315 g/mol. The van der Waals surface area contributed by atoms with E-state index in [2.05, 4.69) is 13.8 Å². The maximum Gasteiger partial charge on any atom is 0.348 e. The zero-order chi connectivity index (χ0) is 17.1. The summed E-state index contributed by atoms with van der Waals surface area (Å²) in [7, 11) is 1.59. The van der Waals surface area contributed by atoms with E-state index in [4.69, 9.17) is 9.47 Å². The van der Waals surface area contributed by atoms with E-state index in [0.29, 0.717) is 12.5 Å². The summed E-state index contributed by atoms with van der Waals surface area (Å²) in [6.07, 6.45) is 5.81. The third kappa shape index (κ3) is 6.56. The Hall–Kier alpha value is -2.28. The summed E-state index contributed by atoms with van der Waals surface area (Å²) in [5.41, 5.74) is 0.776. The number of nitriles is 1. The van der Waals surface area contributed by atoms with Crippen LogP contribution in [-0.4, -0.2) is 19.7 Å². The van der Waals surface area contributed by atoms with Gasteiger partial charge in [0.25, 0.3) is 0 Å². The van der Waals surface area contributed by atoms with Gasteiger partial charge in [-0.2, -0.15) is 5.26 Å². The minimum Gasteiger partial charge on any atom is -0.497 e. The van der Waals surface area contributed by atoms with Gasteiger partial charge in [0, 0.05) is 0 Å². The monoisotopic (exact) mass is 315 g/mol. The predicted molar refractivity (Wildman–Crippen MR) is 90.8 cm³/mol. The van der Waals surface area contributed by atoms with Crippen molar-refractivity contribution in [3.63, 3.8) is 0 Å². The molecule has 0 N–H and O–H groups in total. The van der Waals surface area contributed by atoms with Crippen LogP contribution in [0.2, 0.25) is 0 Å². The molecule has 0 amide bonds. The zero-order valence-corrected chi connectivity index (χ0v) is 14.2. The molecule has 0 saturated heterocycles. The first kappa shape index (κ1) is 18.8. The Morgan fingerprint density at radius 2 is 2.00 bits per heavy atom. The molecule has 23 heavy (non-hydrogen) atoms. The van der Waals surface area contributed by atoms with E-state index in [0.717, 1.165) is 37.0 Å². The van der Waals surface area contributed by atoms with Gasteiger partial charge in [0.1, 0.15) is 17.4 Å². The van der Waals surface area contributed by atoms with E-state index in [1.807, 2.05) is 6.07 Å². The van der Waals surface area contributed by atoms with Gasteiger partial charge in [-0.05, 0) is 36.1 Å². The summed E-state index contributed by atoms with van der Waals surface area (Å²) in [5.74, 6) is 0.531. The van der Waals surface area contributed by atoms with Gasteiger partial charge in [0.15, 0.2) is 0 Å². The Balaban J connectivity index is 2.66. The van der Waals surface area contributed by atoms with Crippen molar-refractivity contribution in [2.45, 2.75) is 39.5 Å².